The average molecular weight is 500 g/mol. The highest BCUT2D eigenvalue weighted by Gasteiger charge is 2.50. The number of aliphatic hydroxyl groups is 1. The van der Waals surface area contributed by atoms with Gasteiger partial charge < -0.3 is 24.1 Å². The second kappa shape index (κ2) is 8.78. The first-order valence-electron chi connectivity index (χ1n) is 12.9. The molecule has 190 valence electrons. The highest BCUT2D eigenvalue weighted by Crippen LogP contribution is 2.46. The number of hydrogen-bond donors (Lipinski definition) is 1. The molecule has 7 heteroatoms. The maximum Gasteiger partial charge on any atom is 0.410 e. The van der Waals surface area contributed by atoms with E-state index in [9.17, 15) is 9.90 Å². The lowest BCUT2D eigenvalue weighted by Gasteiger charge is -2.51. The van der Waals surface area contributed by atoms with Crippen molar-refractivity contribution in [1.82, 2.24) is 4.90 Å². The second-order valence-corrected chi connectivity index (χ2v) is 10.4. The third-order valence-corrected chi connectivity index (χ3v) is 8.18. The molecule has 7 rings (SSSR count). The number of nitrogens with zero attached hydrogens (tertiary/aromatic N) is 1. The van der Waals surface area contributed by atoms with Gasteiger partial charge >= 0.3 is 6.09 Å². The highest BCUT2D eigenvalue weighted by molar-refractivity contribution is 5.79. The minimum absolute atomic E-state index is 0.00637. The van der Waals surface area contributed by atoms with Crippen LogP contribution in [0.3, 0.4) is 0 Å². The van der Waals surface area contributed by atoms with Gasteiger partial charge in [0.15, 0.2) is 11.5 Å². The van der Waals surface area contributed by atoms with Crippen LogP contribution in [0.15, 0.2) is 66.7 Å². The number of hydrogen-bond acceptors (Lipinski definition) is 6. The fourth-order valence-corrected chi connectivity index (χ4v) is 6.51. The van der Waals surface area contributed by atoms with Crippen molar-refractivity contribution < 1.29 is 28.8 Å². The Morgan fingerprint density at radius 1 is 0.892 bits per heavy atom. The summed E-state index contributed by atoms with van der Waals surface area (Å²) < 4.78 is 23.2. The van der Waals surface area contributed by atoms with Crippen LogP contribution < -0.4 is 9.47 Å². The van der Waals surface area contributed by atoms with Crippen LogP contribution in [0.1, 0.15) is 35.4 Å². The zero-order chi connectivity index (χ0) is 25.0. The fourth-order valence-electron chi connectivity index (χ4n) is 6.51. The van der Waals surface area contributed by atoms with Crippen LogP contribution in [0.25, 0.3) is 11.1 Å². The van der Waals surface area contributed by atoms with Crippen molar-refractivity contribution in [2.45, 2.75) is 36.4 Å². The Hall–Kier alpha value is -3.55. The zero-order valence-corrected chi connectivity index (χ0v) is 20.5. The molecule has 4 aliphatic rings. The number of amides is 1. The van der Waals surface area contributed by atoms with E-state index < -0.39 is 5.60 Å². The van der Waals surface area contributed by atoms with Crippen molar-refractivity contribution in [1.29, 1.82) is 0 Å². The number of fused-ring (bicyclic) bond motifs is 6. The average Bonchev–Trinajstić information content (AvgIpc) is 3.24. The number of piperidine rings is 1. The predicted octanol–water partition coefficient (Wildman–Crippen LogP) is 4.46. The van der Waals surface area contributed by atoms with Gasteiger partial charge in [0.05, 0.1) is 30.9 Å². The lowest BCUT2D eigenvalue weighted by atomic mass is 9.77. The first-order chi connectivity index (χ1) is 18.1. The summed E-state index contributed by atoms with van der Waals surface area (Å²) in [6, 6.07) is 21.7. The smallest absolute Gasteiger partial charge is 0.410 e. The van der Waals surface area contributed by atoms with Gasteiger partial charge in [0.25, 0.3) is 0 Å². The lowest BCUT2D eigenvalue weighted by molar-refractivity contribution is -0.136. The Morgan fingerprint density at radius 2 is 1.51 bits per heavy atom. The molecule has 3 aromatic rings. The largest absolute Gasteiger partial charge is 0.486 e. The van der Waals surface area contributed by atoms with Gasteiger partial charge in [-0.2, -0.15) is 0 Å². The molecule has 3 heterocycles. The molecule has 2 atom stereocenters. The summed E-state index contributed by atoms with van der Waals surface area (Å²) in [6.07, 6.45) is 0.394. The maximum atomic E-state index is 13.5. The van der Waals surface area contributed by atoms with E-state index in [-0.39, 0.29) is 30.7 Å². The third kappa shape index (κ3) is 3.76. The number of benzene rings is 3. The van der Waals surface area contributed by atoms with E-state index in [1.165, 1.54) is 22.3 Å². The van der Waals surface area contributed by atoms with E-state index in [1.807, 2.05) is 42.5 Å². The van der Waals surface area contributed by atoms with E-state index in [4.69, 9.17) is 18.9 Å². The van der Waals surface area contributed by atoms with E-state index in [0.29, 0.717) is 50.8 Å². The second-order valence-electron chi connectivity index (χ2n) is 10.4. The SMILES string of the molecule is O=C(OCC1c2ccccc2-c2ccccc21)N1C2COCC1CC(O)(c1ccc3c(c1)OCCO3)C2. The zero-order valence-electron chi connectivity index (χ0n) is 20.5. The molecule has 0 saturated carbocycles. The topological polar surface area (TPSA) is 77.5 Å². The van der Waals surface area contributed by atoms with Gasteiger partial charge in [-0.25, -0.2) is 4.79 Å². The number of carbonyl (C=O) groups is 1. The Bertz CT molecular complexity index is 1300. The van der Waals surface area contributed by atoms with Crippen LogP contribution in [0.2, 0.25) is 0 Å². The summed E-state index contributed by atoms with van der Waals surface area (Å²) in [6.45, 7) is 2.02. The van der Waals surface area contributed by atoms with Crippen LogP contribution in [0.4, 0.5) is 4.79 Å². The molecule has 3 aromatic carbocycles. The normalized spacial score (nSPS) is 25.8. The molecular weight excluding hydrogens is 470 g/mol. The van der Waals surface area contributed by atoms with Crippen molar-refractivity contribution in [3.05, 3.63) is 83.4 Å². The molecule has 2 unspecified atom stereocenters. The van der Waals surface area contributed by atoms with Gasteiger partial charge in [0.2, 0.25) is 0 Å². The molecular formula is C30H29NO6. The number of carbonyl (C=O) groups excluding carboxylic acids is 1. The van der Waals surface area contributed by atoms with Crippen molar-refractivity contribution in [2.75, 3.05) is 33.0 Å². The Balaban J connectivity index is 1.09. The first kappa shape index (κ1) is 22.6. The number of rotatable bonds is 3. The Labute approximate surface area is 215 Å². The number of ether oxygens (including phenoxy) is 4. The third-order valence-electron chi connectivity index (χ3n) is 8.18. The lowest BCUT2D eigenvalue weighted by Crippen LogP contribution is -2.62. The van der Waals surface area contributed by atoms with E-state index >= 15 is 0 Å². The molecule has 0 radical (unpaired) electrons. The predicted molar refractivity (Wildman–Crippen MR) is 136 cm³/mol. The molecule has 37 heavy (non-hydrogen) atoms. The first-order valence-corrected chi connectivity index (χ1v) is 12.9. The van der Waals surface area contributed by atoms with Gasteiger partial charge in [-0.05, 0) is 39.9 Å². The molecule has 2 fully saturated rings. The number of morpholine rings is 1. The molecule has 1 aliphatic carbocycles. The van der Waals surface area contributed by atoms with Crippen LogP contribution in [-0.2, 0) is 15.1 Å². The van der Waals surface area contributed by atoms with Gasteiger partial charge in [-0.3, -0.25) is 4.90 Å². The Morgan fingerprint density at radius 3 is 2.19 bits per heavy atom. The van der Waals surface area contributed by atoms with Crippen LogP contribution in [0, 0.1) is 0 Å². The molecule has 2 saturated heterocycles. The van der Waals surface area contributed by atoms with E-state index in [1.54, 1.807) is 4.90 Å². The van der Waals surface area contributed by atoms with Gasteiger partial charge in [-0.15, -0.1) is 0 Å². The molecule has 0 aromatic heterocycles. The monoisotopic (exact) mass is 499 g/mol. The summed E-state index contributed by atoms with van der Waals surface area (Å²) in [5.41, 5.74) is 4.47. The summed E-state index contributed by atoms with van der Waals surface area (Å²) in [7, 11) is 0. The van der Waals surface area contributed by atoms with Gasteiger partial charge in [0, 0.05) is 18.8 Å². The van der Waals surface area contributed by atoms with Crippen LogP contribution >= 0.6 is 0 Å². The van der Waals surface area contributed by atoms with Crippen LogP contribution in [0.5, 0.6) is 11.5 Å². The van der Waals surface area contributed by atoms with Crippen molar-refractivity contribution in [3.63, 3.8) is 0 Å². The summed E-state index contributed by atoms with van der Waals surface area (Å²) in [4.78, 5) is 15.3. The standard InChI is InChI=1S/C30H29NO6/c32-29(37-18-26-24-7-3-1-5-22(24)23-6-2-4-8-25(23)26)31-20-14-30(33,15-21(31)17-34-16-20)19-9-10-27-28(13-19)36-12-11-35-27/h1-10,13,20-21,26,33H,11-12,14-18H2. The summed E-state index contributed by atoms with van der Waals surface area (Å²) in [5.74, 6) is 1.35. The van der Waals surface area contributed by atoms with Crippen molar-refractivity contribution >= 4 is 6.09 Å². The van der Waals surface area contributed by atoms with E-state index in [2.05, 4.69) is 24.3 Å². The van der Waals surface area contributed by atoms with Crippen LogP contribution in [-0.4, -0.2) is 61.2 Å². The van der Waals surface area contributed by atoms with E-state index in [0.717, 1.165) is 5.56 Å². The minimum Gasteiger partial charge on any atom is -0.486 e. The minimum atomic E-state index is -1.09. The fraction of sp³-hybridized carbons (Fsp3) is 0.367. The van der Waals surface area contributed by atoms with Gasteiger partial charge in [-0.1, -0.05) is 54.6 Å². The molecule has 3 aliphatic heterocycles. The van der Waals surface area contributed by atoms with Crippen molar-refractivity contribution in [3.8, 4) is 22.6 Å². The molecule has 1 amide bonds. The molecule has 1 N–H and O–H groups in total. The summed E-state index contributed by atoms with van der Waals surface area (Å²) in [5, 5.41) is 11.7. The highest BCUT2D eigenvalue weighted by atomic mass is 16.6. The van der Waals surface area contributed by atoms with Gasteiger partial charge in [0.1, 0.15) is 19.8 Å². The molecule has 0 spiro atoms. The molecule has 2 bridgehead atoms. The quantitative estimate of drug-likeness (QED) is 0.574. The molecule has 7 nitrogen and oxygen atoms in total. The maximum absolute atomic E-state index is 13.5. The summed E-state index contributed by atoms with van der Waals surface area (Å²) >= 11 is 0. The Kier molecular flexibility index (Phi) is 5.37. The van der Waals surface area contributed by atoms with Crippen molar-refractivity contribution in [2.24, 2.45) is 0 Å².